The van der Waals surface area contributed by atoms with E-state index in [9.17, 15) is 4.79 Å². The van der Waals surface area contributed by atoms with Crippen LogP contribution in [0.5, 0.6) is 5.75 Å². The number of rotatable bonds is 4. The standard InChI is InChI=1S/C33H42O4/c1-8-35-24-11-9-22(10-12-24)23-13-15-31(6)26-14-16-32(7)28(25(26)17-20(2)27(31)18-23)19-29-33(32,21(3)34)37-30(4,5)36-29/h9-13,17-18,25-26,28-29H,8,14-16,19H2,1-7H3/t25-,26+,28+,29+,31-,32+,33-/m1/s1. The molecular formula is C33H42O4. The van der Waals surface area contributed by atoms with E-state index < -0.39 is 11.4 Å². The van der Waals surface area contributed by atoms with Crippen molar-refractivity contribution >= 4 is 11.4 Å². The lowest BCUT2D eigenvalue weighted by Gasteiger charge is -2.58. The lowest BCUT2D eigenvalue weighted by molar-refractivity contribution is -0.210. The highest BCUT2D eigenvalue weighted by atomic mass is 16.8. The van der Waals surface area contributed by atoms with Crippen LogP contribution >= 0.6 is 0 Å². The number of hydrogen-bond donors (Lipinski definition) is 0. The van der Waals surface area contributed by atoms with Gasteiger partial charge in [0.25, 0.3) is 0 Å². The minimum atomic E-state index is -0.835. The molecule has 4 heteroatoms. The Morgan fingerprint density at radius 1 is 1.11 bits per heavy atom. The van der Waals surface area contributed by atoms with Crippen molar-refractivity contribution in [2.24, 2.45) is 28.6 Å². The molecule has 2 saturated carbocycles. The van der Waals surface area contributed by atoms with Crippen LogP contribution in [0.25, 0.3) is 5.57 Å². The second-order valence-electron chi connectivity index (χ2n) is 13.0. The molecule has 1 heterocycles. The van der Waals surface area contributed by atoms with E-state index in [1.165, 1.54) is 22.3 Å². The van der Waals surface area contributed by atoms with Gasteiger partial charge in [-0.2, -0.15) is 0 Å². The maximum Gasteiger partial charge on any atom is 0.164 e. The number of benzene rings is 1. The number of Topliss-reactive ketones (excluding diaryl/α,β-unsaturated/α-hetero) is 1. The molecule has 37 heavy (non-hydrogen) atoms. The number of allylic oxidation sites excluding steroid dienone is 6. The van der Waals surface area contributed by atoms with Crippen LogP contribution in [0.1, 0.15) is 79.7 Å². The van der Waals surface area contributed by atoms with E-state index in [0.717, 1.165) is 31.4 Å². The molecule has 1 saturated heterocycles. The fraction of sp³-hybridized carbons (Fsp3) is 0.606. The number of carbonyl (C=O) groups is 1. The molecule has 0 unspecified atom stereocenters. The third-order valence-electron chi connectivity index (χ3n) is 10.7. The molecule has 7 atom stereocenters. The lowest BCUT2D eigenvalue weighted by atomic mass is 9.47. The molecule has 0 N–H and O–H groups in total. The molecule has 1 aromatic carbocycles. The molecule has 0 aromatic heterocycles. The average Bonchev–Trinajstić information content (AvgIpc) is 3.26. The highest BCUT2D eigenvalue weighted by Crippen LogP contribution is 2.70. The Balaban J connectivity index is 1.35. The first kappa shape index (κ1) is 25.1. The molecule has 0 bridgehead atoms. The van der Waals surface area contributed by atoms with Gasteiger partial charge in [-0.15, -0.1) is 0 Å². The van der Waals surface area contributed by atoms with Gasteiger partial charge >= 0.3 is 0 Å². The van der Waals surface area contributed by atoms with Gasteiger partial charge in [-0.3, -0.25) is 4.79 Å². The maximum absolute atomic E-state index is 13.3. The first-order valence-electron chi connectivity index (χ1n) is 14.2. The summed E-state index contributed by atoms with van der Waals surface area (Å²) in [4.78, 5) is 13.3. The second kappa shape index (κ2) is 8.16. The predicted molar refractivity (Wildman–Crippen MR) is 146 cm³/mol. The highest BCUT2D eigenvalue weighted by Gasteiger charge is 2.74. The van der Waals surface area contributed by atoms with Gasteiger partial charge in [-0.05, 0) is 112 Å². The molecular weight excluding hydrogens is 460 g/mol. The van der Waals surface area contributed by atoms with Gasteiger partial charge in [0.05, 0.1) is 12.7 Å². The minimum Gasteiger partial charge on any atom is -0.494 e. The van der Waals surface area contributed by atoms with Gasteiger partial charge < -0.3 is 14.2 Å². The van der Waals surface area contributed by atoms with E-state index in [4.69, 9.17) is 14.2 Å². The minimum absolute atomic E-state index is 0.0989. The SMILES string of the molecule is CCOc1ccc(C2=CC[C@@]3(C)C(=C2)C(C)=C[C@@H]2[C@@H]3CC[C@@]3(C)[C@H]2C[C@@H]2OC(C)(C)O[C@]23C(C)=O)cc1. The lowest BCUT2D eigenvalue weighted by Crippen LogP contribution is -2.59. The summed E-state index contributed by atoms with van der Waals surface area (Å²) < 4.78 is 18.7. The fourth-order valence-electron chi connectivity index (χ4n) is 9.14. The number of carbonyl (C=O) groups excluding carboxylic acids is 1. The molecule has 3 fully saturated rings. The molecule has 0 spiro atoms. The molecule has 4 aliphatic carbocycles. The van der Waals surface area contributed by atoms with Gasteiger partial charge in [0.15, 0.2) is 17.2 Å². The van der Waals surface area contributed by atoms with Crippen molar-refractivity contribution in [3.8, 4) is 5.75 Å². The van der Waals surface area contributed by atoms with E-state index in [-0.39, 0.29) is 22.7 Å². The van der Waals surface area contributed by atoms with Crippen molar-refractivity contribution in [3.63, 3.8) is 0 Å². The van der Waals surface area contributed by atoms with Crippen LogP contribution in [0.3, 0.4) is 0 Å². The van der Waals surface area contributed by atoms with Crippen LogP contribution in [0.2, 0.25) is 0 Å². The van der Waals surface area contributed by atoms with Crippen LogP contribution in [0.4, 0.5) is 0 Å². The fourth-order valence-corrected chi connectivity index (χ4v) is 9.14. The molecule has 4 nitrogen and oxygen atoms in total. The Bertz CT molecular complexity index is 1220. The summed E-state index contributed by atoms with van der Waals surface area (Å²) in [5, 5.41) is 0. The van der Waals surface area contributed by atoms with Crippen molar-refractivity contribution in [2.45, 2.75) is 91.6 Å². The molecule has 198 valence electrons. The summed E-state index contributed by atoms with van der Waals surface area (Å²) in [6, 6.07) is 8.49. The summed E-state index contributed by atoms with van der Waals surface area (Å²) in [5.41, 5.74) is 4.47. The van der Waals surface area contributed by atoms with Gasteiger partial charge in [0.1, 0.15) is 5.75 Å². The summed E-state index contributed by atoms with van der Waals surface area (Å²) in [7, 11) is 0. The van der Waals surface area contributed by atoms with Gasteiger partial charge in [-0.25, -0.2) is 0 Å². The monoisotopic (exact) mass is 502 g/mol. The van der Waals surface area contributed by atoms with Crippen LogP contribution in [-0.2, 0) is 14.3 Å². The second-order valence-corrected chi connectivity index (χ2v) is 13.0. The van der Waals surface area contributed by atoms with Crippen LogP contribution in [0, 0.1) is 28.6 Å². The smallest absolute Gasteiger partial charge is 0.164 e. The largest absolute Gasteiger partial charge is 0.494 e. The molecule has 6 rings (SSSR count). The summed E-state index contributed by atoms with van der Waals surface area (Å²) in [6.45, 7) is 15.4. The van der Waals surface area contributed by atoms with Gasteiger partial charge in [0, 0.05) is 5.41 Å². The normalized spacial score (nSPS) is 41.4. The zero-order valence-corrected chi connectivity index (χ0v) is 23.5. The number of ketones is 1. The van der Waals surface area contributed by atoms with E-state index in [0.29, 0.717) is 24.4 Å². The summed E-state index contributed by atoms with van der Waals surface area (Å²) in [5.74, 6) is 1.69. The van der Waals surface area contributed by atoms with Crippen molar-refractivity contribution in [2.75, 3.05) is 6.61 Å². The van der Waals surface area contributed by atoms with Crippen molar-refractivity contribution in [3.05, 3.63) is 59.2 Å². The Morgan fingerprint density at radius 2 is 1.84 bits per heavy atom. The van der Waals surface area contributed by atoms with E-state index in [1.807, 2.05) is 20.8 Å². The first-order valence-corrected chi connectivity index (χ1v) is 14.2. The third kappa shape index (κ3) is 3.37. The van der Waals surface area contributed by atoms with Crippen molar-refractivity contribution < 1.29 is 19.0 Å². The quantitative estimate of drug-likeness (QED) is 0.433. The maximum atomic E-state index is 13.3. The van der Waals surface area contributed by atoms with Crippen LogP contribution in [0.15, 0.2) is 53.6 Å². The van der Waals surface area contributed by atoms with E-state index in [2.05, 4.69) is 63.3 Å². The molecule has 1 aromatic rings. The third-order valence-corrected chi connectivity index (χ3v) is 10.7. The molecule has 0 amide bonds. The number of hydrogen-bond acceptors (Lipinski definition) is 4. The Morgan fingerprint density at radius 3 is 2.51 bits per heavy atom. The van der Waals surface area contributed by atoms with Crippen LogP contribution < -0.4 is 4.74 Å². The first-order chi connectivity index (χ1) is 17.4. The zero-order chi connectivity index (χ0) is 26.4. The van der Waals surface area contributed by atoms with Crippen molar-refractivity contribution in [1.82, 2.24) is 0 Å². The van der Waals surface area contributed by atoms with E-state index in [1.54, 1.807) is 6.92 Å². The predicted octanol–water partition coefficient (Wildman–Crippen LogP) is 7.30. The molecule has 0 radical (unpaired) electrons. The number of fused-ring (bicyclic) bond motifs is 7. The Labute approximate surface area is 222 Å². The number of ether oxygens (including phenoxy) is 3. The molecule has 1 aliphatic heterocycles. The molecule has 5 aliphatic rings. The zero-order valence-electron chi connectivity index (χ0n) is 23.5. The van der Waals surface area contributed by atoms with Crippen molar-refractivity contribution in [1.29, 1.82) is 0 Å². The summed E-state index contributed by atoms with van der Waals surface area (Å²) >= 11 is 0. The average molecular weight is 503 g/mol. The summed E-state index contributed by atoms with van der Waals surface area (Å²) in [6.07, 6.45) is 11.3. The Hall–Kier alpha value is -2.17. The van der Waals surface area contributed by atoms with Gasteiger partial charge in [0.2, 0.25) is 0 Å². The van der Waals surface area contributed by atoms with Gasteiger partial charge in [-0.1, -0.05) is 49.8 Å². The topological polar surface area (TPSA) is 44.8 Å². The van der Waals surface area contributed by atoms with Crippen LogP contribution in [-0.4, -0.2) is 29.9 Å². The van der Waals surface area contributed by atoms with E-state index >= 15 is 0 Å². The highest BCUT2D eigenvalue weighted by molar-refractivity contribution is 5.88. The Kier molecular flexibility index (Phi) is 5.54.